The molecule has 0 aliphatic carbocycles. The Balaban J connectivity index is 0.000000179. The Labute approximate surface area is 345 Å². The lowest BCUT2D eigenvalue weighted by Crippen LogP contribution is -2.15. The zero-order chi connectivity index (χ0) is 42.6. The number of aldehydes is 1. The lowest BCUT2D eigenvalue weighted by atomic mass is 9.96. The van der Waals surface area contributed by atoms with Crippen molar-refractivity contribution in [2.75, 3.05) is 11.1 Å². The van der Waals surface area contributed by atoms with Gasteiger partial charge < -0.3 is 21.3 Å². The first-order valence-electron chi connectivity index (χ1n) is 17.5. The normalized spacial score (nSPS) is 10.9. The molecular formula is C44H34Cl2F4N6O3. The van der Waals surface area contributed by atoms with Crippen LogP contribution in [0.5, 0.6) is 11.5 Å². The minimum absolute atomic E-state index is 0.0279. The number of aromatic hydroxyl groups is 2. The first-order chi connectivity index (χ1) is 28.2. The van der Waals surface area contributed by atoms with Crippen LogP contribution in [0.4, 0.5) is 29.2 Å². The van der Waals surface area contributed by atoms with Crippen molar-refractivity contribution in [2.45, 2.75) is 19.9 Å². The highest BCUT2D eigenvalue weighted by Gasteiger charge is 2.23. The molecule has 4 aromatic carbocycles. The number of nitrogens with zero attached hydrogens (tertiary/aromatic N) is 4. The second-order valence-corrected chi connectivity index (χ2v) is 13.4. The SMILES string of the molecule is Cc1cc(N)ncc1F.Cc1cc(NC(c2ccc(F)cc2Cl)c2ccc3cccnc3c2O)ncc1F.O=Cc1ccc(F)cc1Cl.Oc1cccc2cccnc12. The Bertz CT molecular complexity index is 2740. The van der Waals surface area contributed by atoms with Gasteiger partial charge in [-0.2, -0.15) is 0 Å². The van der Waals surface area contributed by atoms with E-state index in [1.165, 1.54) is 36.4 Å². The third kappa shape index (κ3) is 11.4. The molecular weight excluding hydrogens is 807 g/mol. The van der Waals surface area contributed by atoms with Crippen molar-refractivity contribution >= 4 is 62.9 Å². The van der Waals surface area contributed by atoms with Gasteiger partial charge in [-0.15, -0.1) is 0 Å². The van der Waals surface area contributed by atoms with Crippen LogP contribution in [0.1, 0.15) is 38.7 Å². The van der Waals surface area contributed by atoms with Gasteiger partial charge in [-0.3, -0.25) is 14.8 Å². The first kappa shape index (κ1) is 43.3. The zero-order valence-electron chi connectivity index (χ0n) is 31.2. The zero-order valence-corrected chi connectivity index (χ0v) is 32.7. The molecule has 0 radical (unpaired) electrons. The number of aromatic nitrogens is 4. The average molecular weight is 842 g/mol. The maximum absolute atomic E-state index is 13.6. The van der Waals surface area contributed by atoms with Crippen molar-refractivity contribution in [3.63, 3.8) is 0 Å². The summed E-state index contributed by atoms with van der Waals surface area (Å²) in [7, 11) is 0. The van der Waals surface area contributed by atoms with Crippen molar-refractivity contribution in [2.24, 2.45) is 0 Å². The van der Waals surface area contributed by atoms with Crippen molar-refractivity contribution in [3.05, 3.63) is 189 Å². The standard InChI is InChI=1S/C22H16ClF2N3O.C9H7NO.C7H4ClFO.C6H7FN2/c1-12-9-19(27-11-18(12)25)28-21(15-7-5-14(24)10-17(15)23)16-6-4-13-3-2-8-26-20(13)22(16)29;11-8-5-1-3-7-4-2-6-10-9(7)8;8-7-3-6(9)2-1-5(7)4-10;1-4-2-6(8)9-3-5(4)7/h2-11,21,29H,1H3,(H,27,28);1-6,11H;1-4H;2-3H,1H3,(H2,8,9). The molecule has 0 aliphatic heterocycles. The number of nitrogens with two attached hydrogens (primary N) is 1. The fourth-order valence-corrected chi connectivity index (χ4v) is 5.94. The number of benzene rings is 4. The monoisotopic (exact) mass is 840 g/mol. The molecule has 59 heavy (non-hydrogen) atoms. The molecule has 0 saturated heterocycles. The molecule has 0 fully saturated rings. The number of rotatable bonds is 5. The summed E-state index contributed by atoms with van der Waals surface area (Å²) in [5.74, 6) is -0.700. The molecule has 0 spiro atoms. The van der Waals surface area contributed by atoms with E-state index in [1.807, 2.05) is 30.3 Å². The van der Waals surface area contributed by atoms with Crippen molar-refractivity contribution in [3.8, 4) is 11.5 Å². The quantitative estimate of drug-likeness (QED) is 0.0982. The van der Waals surface area contributed by atoms with Crippen molar-refractivity contribution in [1.29, 1.82) is 0 Å². The number of nitrogen functional groups attached to an aromatic ring is 1. The van der Waals surface area contributed by atoms with Crippen LogP contribution < -0.4 is 11.1 Å². The van der Waals surface area contributed by atoms with E-state index in [1.54, 1.807) is 56.6 Å². The highest BCUT2D eigenvalue weighted by molar-refractivity contribution is 6.33. The fourth-order valence-electron chi connectivity index (χ4n) is 5.45. The fraction of sp³-hybridized carbons (Fsp3) is 0.0682. The summed E-state index contributed by atoms with van der Waals surface area (Å²) in [6, 6.07) is 26.3. The molecule has 0 saturated carbocycles. The number of phenolic OH excluding ortho intramolecular Hbond substituents is 2. The number of pyridine rings is 4. The summed E-state index contributed by atoms with van der Waals surface area (Å²) < 4.78 is 51.9. The van der Waals surface area contributed by atoms with Gasteiger partial charge in [0.05, 0.1) is 23.5 Å². The first-order valence-corrected chi connectivity index (χ1v) is 18.2. The summed E-state index contributed by atoms with van der Waals surface area (Å²) in [5.41, 5.74) is 8.60. The predicted molar refractivity (Wildman–Crippen MR) is 223 cm³/mol. The van der Waals surface area contributed by atoms with Gasteiger partial charge in [0, 0.05) is 39.3 Å². The number of para-hydroxylation sites is 1. The Hall–Kier alpha value is -6.83. The van der Waals surface area contributed by atoms with E-state index < -0.39 is 23.5 Å². The van der Waals surface area contributed by atoms with Gasteiger partial charge in [-0.25, -0.2) is 27.5 Å². The number of hydrogen-bond donors (Lipinski definition) is 4. The van der Waals surface area contributed by atoms with Crippen molar-refractivity contribution < 1.29 is 32.6 Å². The van der Waals surface area contributed by atoms with Crippen LogP contribution in [0, 0.1) is 37.1 Å². The molecule has 4 heterocycles. The number of halogens is 6. The van der Waals surface area contributed by atoms with E-state index in [2.05, 4.69) is 25.3 Å². The largest absolute Gasteiger partial charge is 0.506 e. The molecule has 0 bridgehead atoms. The summed E-state index contributed by atoms with van der Waals surface area (Å²) in [6.45, 7) is 3.27. The van der Waals surface area contributed by atoms with Gasteiger partial charge in [-0.05, 0) is 91.2 Å². The van der Waals surface area contributed by atoms with E-state index in [-0.39, 0.29) is 27.4 Å². The molecule has 9 nitrogen and oxygen atoms in total. The van der Waals surface area contributed by atoms with E-state index in [0.29, 0.717) is 56.8 Å². The van der Waals surface area contributed by atoms with Gasteiger partial charge in [0.2, 0.25) is 0 Å². The maximum Gasteiger partial charge on any atom is 0.151 e. The Morgan fingerprint density at radius 2 is 1.24 bits per heavy atom. The van der Waals surface area contributed by atoms with Gasteiger partial charge >= 0.3 is 0 Å². The Morgan fingerprint density at radius 3 is 1.83 bits per heavy atom. The summed E-state index contributed by atoms with van der Waals surface area (Å²) in [4.78, 5) is 26.0. The number of carbonyl (C=O) groups is 1. The second-order valence-electron chi connectivity index (χ2n) is 12.6. The van der Waals surface area contributed by atoms with E-state index in [9.17, 15) is 32.6 Å². The number of carbonyl (C=O) groups excluding carboxylic acids is 1. The average Bonchev–Trinajstić information content (AvgIpc) is 3.21. The summed E-state index contributed by atoms with van der Waals surface area (Å²) >= 11 is 11.8. The molecule has 300 valence electrons. The van der Waals surface area contributed by atoms with E-state index in [4.69, 9.17) is 28.9 Å². The molecule has 0 aliphatic rings. The Morgan fingerprint density at radius 1 is 0.661 bits per heavy atom. The van der Waals surface area contributed by atoms with Crippen LogP contribution in [-0.4, -0.2) is 36.4 Å². The highest BCUT2D eigenvalue weighted by atomic mass is 35.5. The lowest BCUT2D eigenvalue weighted by molar-refractivity contribution is 0.112. The molecule has 15 heteroatoms. The Kier molecular flexibility index (Phi) is 14.7. The third-order valence-corrected chi connectivity index (χ3v) is 9.13. The minimum atomic E-state index is -0.674. The minimum Gasteiger partial charge on any atom is -0.506 e. The van der Waals surface area contributed by atoms with Gasteiger partial charge in [0.25, 0.3) is 0 Å². The predicted octanol–water partition coefficient (Wildman–Crippen LogP) is 11.1. The molecule has 8 aromatic rings. The van der Waals surface area contributed by atoms with Crippen LogP contribution in [0.15, 0.2) is 128 Å². The maximum atomic E-state index is 13.6. The summed E-state index contributed by atoms with van der Waals surface area (Å²) in [6.07, 6.45) is 6.07. The molecule has 0 amide bonds. The van der Waals surface area contributed by atoms with Gasteiger partial charge in [0.15, 0.2) is 6.29 Å². The molecule has 5 N–H and O–H groups in total. The molecule has 1 atom stereocenters. The molecule has 8 rings (SSSR count). The number of phenols is 2. The van der Waals surface area contributed by atoms with Gasteiger partial charge in [0.1, 0.15) is 57.4 Å². The number of anilines is 2. The smallest absolute Gasteiger partial charge is 0.151 e. The van der Waals surface area contributed by atoms with Gasteiger partial charge in [-0.1, -0.05) is 65.7 Å². The van der Waals surface area contributed by atoms with E-state index >= 15 is 0 Å². The second kappa shape index (κ2) is 20.0. The van der Waals surface area contributed by atoms with E-state index in [0.717, 1.165) is 29.2 Å². The van der Waals surface area contributed by atoms with Crippen LogP contribution in [-0.2, 0) is 0 Å². The molecule has 4 aromatic heterocycles. The number of nitrogens with one attached hydrogen (secondary N) is 1. The molecule has 1 unspecified atom stereocenters. The number of hydrogen-bond acceptors (Lipinski definition) is 9. The van der Waals surface area contributed by atoms with Crippen LogP contribution in [0.3, 0.4) is 0 Å². The number of fused-ring (bicyclic) bond motifs is 2. The lowest BCUT2D eigenvalue weighted by Gasteiger charge is -2.23. The van der Waals surface area contributed by atoms with Crippen LogP contribution >= 0.6 is 23.2 Å². The summed E-state index contributed by atoms with van der Waals surface area (Å²) in [5, 5.41) is 25.5. The van der Waals surface area contributed by atoms with Crippen LogP contribution in [0.2, 0.25) is 10.0 Å². The van der Waals surface area contributed by atoms with Crippen molar-refractivity contribution in [1.82, 2.24) is 19.9 Å². The number of aryl methyl sites for hydroxylation is 2. The topological polar surface area (TPSA) is 147 Å². The highest BCUT2D eigenvalue weighted by Crippen LogP contribution is 2.39. The third-order valence-electron chi connectivity index (χ3n) is 8.47. The van der Waals surface area contributed by atoms with Crippen LogP contribution in [0.25, 0.3) is 21.8 Å².